The van der Waals surface area contributed by atoms with E-state index in [1.165, 1.54) is 16.3 Å². The number of nitriles is 1. The van der Waals surface area contributed by atoms with Gasteiger partial charge in [0, 0.05) is 16.4 Å². The summed E-state index contributed by atoms with van der Waals surface area (Å²) in [6, 6.07) is 7.56. The standard InChI is InChI=1S/C10H7BrN4OS/c1-15-9(16)13-14-10(15)17-8-4-2-3-7(11)6(8)5-12/h2-4H,1H3,(H,13,16). The molecule has 2 rings (SSSR count). The number of hydrogen-bond acceptors (Lipinski definition) is 4. The molecule has 0 amide bonds. The molecule has 0 aliphatic heterocycles. The van der Waals surface area contributed by atoms with Crippen LogP contribution in [0.5, 0.6) is 0 Å². The molecule has 0 unspecified atom stereocenters. The number of aromatic amines is 1. The van der Waals surface area contributed by atoms with Crippen LogP contribution in [0.3, 0.4) is 0 Å². The van der Waals surface area contributed by atoms with Crippen molar-refractivity contribution in [3.8, 4) is 6.07 Å². The molecule has 17 heavy (non-hydrogen) atoms. The van der Waals surface area contributed by atoms with Gasteiger partial charge in [0.05, 0.1) is 5.56 Å². The monoisotopic (exact) mass is 310 g/mol. The highest BCUT2D eigenvalue weighted by molar-refractivity contribution is 9.10. The van der Waals surface area contributed by atoms with Gasteiger partial charge in [-0.05, 0) is 39.8 Å². The molecule has 2 aromatic rings. The van der Waals surface area contributed by atoms with Crippen molar-refractivity contribution >= 4 is 27.7 Å². The van der Waals surface area contributed by atoms with Crippen LogP contribution in [0.4, 0.5) is 0 Å². The molecule has 0 saturated heterocycles. The Hall–Kier alpha value is -1.52. The highest BCUT2D eigenvalue weighted by Gasteiger charge is 2.11. The van der Waals surface area contributed by atoms with E-state index in [0.717, 1.165) is 9.37 Å². The van der Waals surface area contributed by atoms with Crippen molar-refractivity contribution in [3.05, 3.63) is 38.7 Å². The zero-order valence-electron chi connectivity index (χ0n) is 8.77. The van der Waals surface area contributed by atoms with Crippen LogP contribution in [0.1, 0.15) is 5.56 Å². The predicted molar refractivity (Wildman–Crippen MR) is 66.8 cm³/mol. The molecule has 0 aliphatic rings. The number of benzene rings is 1. The summed E-state index contributed by atoms with van der Waals surface area (Å²) in [6.45, 7) is 0. The smallest absolute Gasteiger partial charge is 0.273 e. The second-order valence-corrected chi connectivity index (χ2v) is 5.06. The predicted octanol–water partition coefficient (Wildman–Crippen LogP) is 1.89. The maximum absolute atomic E-state index is 11.2. The Labute approximate surface area is 110 Å². The molecule has 5 nitrogen and oxygen atoms in total. The summed E-state index contributed by atoms with van der Waals surface area (Å²) in [5.74, 6) is 0. The zero-order valence-corrected chi connectivity index (χ0v) is 11.2. The van der Waals surface area contributed by atoms with Gasteiger partial charge in [0.1, 0.15) is 6.07 Å². The third-order valence-corrected chi connectivity index (χ3v) is 3.90. The molecular formula is C10H7BrN4OS. The summed E-state index contributed by atoms with van der Waals surface area (Å²) >= 11 is 4.58. The van der Waals surface area contributed by atoms with Crippen molar-refractivity contribution in [2.45, 2.75) is 10.1 Å². The van der Waals surface area contributed by atoms with Crippen LogP contribution < -0.4 is 5.69 Å². The van der Waals surface area contributed by atoms with E-state index in [-0.39, 0.29) is 5.69 Å². The first kappa shape index (κ1) is 12.0. The summed E-state index contributed by atoms with van der Waals surface area (Å²) in [4.78, 5) is 12.0. The van der Waals surface area contributed by atoms with Crippen molar-refractivity contribution in [1.29, 1.82) is 5.26 Å². The molecule has 0 saturated carbocycles. The topological polar surface area (TPSA) is 74.5 Å². The van der Waals surface area contributed by atoms with Crippen LogP contribution in [0.15, 0.2) is 37.5 Å². The molecule has 7 heteroatoms. The lowest BCUT2D eigenvalue weighted by atomic mass is 10.2. The number of H-pyrrole nitrogens is 1. The van der Waals surface area contributed by atoms with Crippen LogP contribution in [-0.2, 0) is 7.05 Å². The maximum atomic E-state index is 11.2. The van der Waals surface area contributed by atoms with Crippen LogP contribution in [-0.4, -0.2) is 14.8 Å². The van der Waals surface area contributed by atoms with Gasteiger partial charge in [-0.2, -0.15) is 5.26 Å². The van der Waals surface area contributed by atoms with Gasteiger partial charge in [0.15, 0.2) is 5.16 Å². The largest absolute Gasteiger partial charge is 0.343 e. The van der Waals surface area contributed by atoms with E-state index in [1.807, 2.05) is 12.1 Å². The van der Waals surface area contributed by atoms with Gasteiger partial charge in [-0.15, -0.1) is 5.10 Å². The normalized spacial score (nSPS) is 10.2. The Morgan fingerprint density at radius 2 is 2.35 bits per heavy atom. The first-order chi connectivity index (χ1) is 8.13. The highest BCUT2D eigenvalue weighted by atomic mass is 79.9. The van der Waals surface area contributed by atoms with Crippen molar-refractivity contribution in [2.75, 3.05) is 0 Å². The lowest BCUT2D eigenvalue weighted by molar-refractivity contribution is 0.766. The number of halogens is 1. The first-order valence-electron chi connectivity index (χ1n) is 4.61. The van der Waals surface area contributed by atoms with E-state index in [9.17, 15) is 4.79 Å². The minimum absolute atomic E-state index is 0.277. The van der Waals surface area contributed by atoms with Gasteiger partial charge >= 0.3 is 5.69 Å². The SMILES string of the molecule is Cn1c(Sc2cccc(Br)c2C#N)n[nH]c1=O. The van der Waals surface area contributed by atoms with Crippen LogP contribution in [0.2, 0.25) is 0 Å². The average molecular weight is 311 g/mol. The fourth-order valence-corrected chi connectivity index (χ4v) is 2.72. The molecular weight excluding hydrogens is 304 g/mol. The lowest BCUT2D eigenvalue weighted by Gasteiger charge is -2.03. The molecule has 1 aromatic heterocycles. The Kier molecular flexibility index (Phi) is 3.36. The van der Waals surface area contributed by atoms with Crippen molar-refractivity contribution in [3.63, 3.8) is 0 Å². The molecule has 86 valence electrons. The molecule has 0 spiro atoms. The molecule has 0 bridgehead atoms. The lowest BCUT2D eigenvalue weighted by Crippen LogP contribution is -2.12. The van der Waals surface area contributed by atoms with Gasteiger partial charge < -0.3 is 0 Å². The minimum Gasteiger partial charge on any atom is -0.273 e. The molecule has 0 atom stereocenters. The number of nitrogens with zero attached hydrogens (tertiary/aromatic N) is 3. The van der Waals surface area contributed by atoms with E-state index in [2.05, 4.69) is 32.2 Å². The van der Waals surface area contributed by atoms with Crippen molar-refractivity contribution in [2.24, 2.45) is 7.05 Å². The fraction of sp³-hybridized carbons (Fsp3) is 0.100. The Morgan fingerprint density at radius 3 is 2.94 bits per heavy atom. The second kappa shape index (κ2) is 4.77. The number of hydrogen-bond donors (Lipinski definition) is 1. The van der Waals surface area contributed by atoms with Gasteiger partial charge in [-0.3, -0.25) is 4.57 Å². The fourth-order valence-electron chi connectivity index (χ4n) is 1.22. The molecule has 0 fully saturated rings. The van der Waals surface area contributed by atoms with E-state index < -0.39 is 0 Å². The zero-order chi connectivity index (χ0) is 12.4. The van der Waals surface area contributed by atoms with Gasteiger partial charge in [-0.25, -0.2) is 9.89 Å². The average Bonchev–Trinajstić information content (AvgIpc) is 2.61. The van der Waals surface area contributed by atoms with E-state index in [1.54, 1.807) is 13.1 Å². The summed E-state index contributed by atoms with van der Waals surface area (Å²) in [5, 5.41) is 15.8. The minimum atomic E-state index is -0.277. The first-order valence-corrected chi connectivity index (χ1v) is 6.22. The van der Waals surface area contributed by atoms with Crippen molar-refractivity contribution in [1.82, 2.24) is 14.8 Å². The third-order valence-electron chi connectivity index (χ3n) is 2.13. The summed E-state index contributed by atoms with van der Waals surface area (Å²) in [6.07, 6.45) is 0. The van der Waals surface area contributed by atoms with Crippen LogP contribution in [0, 0.1) is 11.3 Å². The summed E-state index contributed by atoms with van der Waals surface area (Å²) in [7, 11) is 1.62. The van der Waals surface area contributed by atoms with E-state index >= 15 is 0 Å². The molecule has 1 aromatic carbocycles. The Balaban J connectivity index is 2.44. The van der Waals surface area contributed by atoms with E-state index in [4.69, 9.17) is 5.26 Å². The van der Waals surface area contributed by atoms with Gasteiger partial charge in [0.2, 0.25) is 0 Å². The quantitative estimate of drug-likeness (QED) is 0.919. The maximum Gasteiger partial charge on any atom is 0.343 e. The van der Waals surface area contributed by atoms with Gasteiger partial charge in [0.25, 0.3) is 0 Å². The Morgan fingerprint density at radius 1 is 1.59 bits per heavy atom. The van der Waals surface area contributed by atoms with E-state index in [0.29, 0.717) is 10.7 Å². The molecule has 0 radical (unpaired) electrons. The van der Waals surface area contributed by atoms with Crippen LogP contribution >= 0.6 is 27.7 Å². The third kappa shape index (κ3) is 2.28. The Bertz CT molecular complexity index is 655. The number of rotatable bonds is 2. The number of aromatic nitrogens is 3. The molecule has 1 heterocycles. The summed E-state index contributed by atoms with van der Waals surface area (Å²) < 4.78 is 2.12. The van der Waals surface area contributed by atoms with Crippen molar-refractivity contribution < 1.29 is 0 Å². The highest BCUT2D eigenvalue weighted by Crippen LogP contribution is 2.31. The van der Waals surface area contributed by atoms with Gasteiger partial charge in [-0.1, -0.05) is 6.07 Å². The summed E-state index contributed by atoms with van der Waals surface area (Å²) in [5.41, 5.74) is 0.258. The molecule has 1 N–H and O–H groups in total. The van der Waals surface area contributed by atoms with Crippen LogP contribution in [0.25, 0.3) is 0 Å². The second-order valence-electron chi connectivity index (χ2n) is 3.20. The number of nitrogens with one attached hydrogen (secondary N) is 1. The molecule has 0 aliphatic carbocycles.